The molecule has 1 saturated heterocycles. The van der Waals surface area contributed by atoms with Gasteiger partial charge in [-0.05, 0) is 40.8 Å². The van der Waals surface area contributed by atoms with Gasteiger partial charge in [0, 0.05) is 13.0 Å². The van der Waals surface area contributed by atoms with Gasteiger partial charge in [0.15, 0.2) is 5.75 Å². The van der Waals surface area contributed by atoms with Crippen LogP contribution in [-0.4, -0.2) is 49.9 Å². The summed E-state index contributed by atoms with van der Waals surface area (Å²) in [5.41, 5.74) is 3.06. The van der Waals surface area contributed by atoms with Crippen molar-refractivity contribution in [3.05, 3.63) is 172 Å². The van der Waals surface area contributed by atoms with Crippen LogP contribution in [0.15, 0.2) is 149 Å². The highest BCUT2D eigenvalue weighted by molar-refractivity contribution is 5.87. The van der Waals surface area contributed by atoms with Gasteiger partial charge in [0.05, 0.1) is 45.0 Å². The molecule has 0 amide bonds. The molecule has 1 aliphatic rings. The Labute approximate surface area is 400 Å². The van der Waals surface area contributed by atoms with E-state index in [1.807, 2.05) is 121 Å². The van der Waals surface area contributed by atoms with Gasteiger partial charge in [-0.1, -0.05) is 186 Å². The Morgan fingerprint density at radius 2 is 1.06 bits per heavy atom. The van der Waals surface area contributed by atoms with Crippen LogP contribution in [-0.2, 0) is 54.9 Å². The third kappa shape index (κ3) is 15.3. The molecule has 68 heavy (non-hydrogen) atoms. The van der Waals surface area contributed by atoms with Gasteiger partial charge in [-0.25, -0.2) is 4.79 Å². The van der Waals surface area contributed by atoms with Crippen molar-refractivity contribution in [2.24, 2.45) is 0 Å². The van der Waals surface area contributed by atoms with Gasteiger partial charge < -0.3 is 42.3 Å². The molecular weight excluding hydrogens is 861 g/mol. The highest BCUT2D eigenvalue weighted by atomic mass is 16.7. The third-order valence-corrected chi connectivity index (χ3v) is 11.9. The third-order valence-electron chi connectivity index (χ3n) is 11.9. The largest absolute Gasteiger partial charge is 0.493 e. The summed E-state index contributed by atoms with van der Waals surface area (Å²) < 4.78 is 58.2. The quantitative estimate of drug-likeness (QED) is 0.0266. The van der Waals surface area contributed by atoms with Gasteiger partial charge in [0.2, 0.25) is 6.29 Å². The van der Waals surface area contributed by atoms with E-state index in [1.54, 1.807) is 18.2 Å². The number of hydrogen-bond acceptors (Lipinski definition) is 11. The molecule has 6 aromatic rings. The van der Waals surface area contributed by atoms with Gasteiger partial charge in [0.1, 0.15) is 35.7 Å². The van der Waals surface area contributed by atoms with Gasteiger partial charge in [-0.2, -0.15) is 0 Å². The summed E-state index contributed by atoms with van der Waals surface area (Å²) in [7, 11) is 0. The van der Waals surface area contributed by atoms with Crippen LogP contribution in [0.5, 0.6) is 17.2 Å². The second-order valence-electron chi connectivity index (χ2n) is 17.3. The molecule has 0 unspecified atom stereocenters. The van der Waals surface area contributed by atoms with Crippen molar-refractivity contribution in [2.45, 2.75) is 135 Å². The molecule has 5 aromatic carbocycles. The molecule has 11 nitrogen and oxygen atoms in total. The van der Waals surface area contributed by atoms with Crippen molar-refractivity contribution in [2.75, 3.05) is 13.2 Å². The van der Waals surface area contributed by atoms with Gasteiger partial charge >= 0.3 is 11.6 Å². The summed E-state index contributed by atoms with van der Waals surface area (Å²) in [4.78, 5) is 26.4. The number of carbonyl (C=O) groups excluding carboxylic acids is 1. The number of benzene rings is 5. The van der Waals surface area contributed by atoms with Crippen molar-refractivity contribution < 1.29 is 47.1 Å². The van der Waals surface area contributed by atoms with E-state index in [1.165, 1.54) is 58.3 Å². The average Bonchev–Trinajstić information content (AvgIpc) is 3.36. The maximum absolute atomic E-state index is 13.8. The molecule has 11 heteroatoms. The number of rotatable bonds is 28. The van der Waals surface area contributed by atoms with Crippen LogP contribution in [0.1, 0.15) is 100 Å². The molecule has 0 radical (unpaired) electrons. The molecule has 0 N–H and O–H groups in total. The lowest BCUT2D eigenvalue weighted by molar-refractivity contribution is -0.310. The number of ether oxygens (including phenoxy) is 8. The molecule has 1 aromatic heterocycles. The molecule has 0 bridgehead atoms. The van der Waals surface area contributed by atoms with Crippen molar-refractivity contribution in [1.29, 1.82) is 0 Å². The Hall–Kier alpha value is -5.82. The lowest BCUT2D eigenvalue weighted by atomic mass is 9.97. The lowest BCUT2D eigenvalue weighted by Crippen LogP contribution is -2.62. The van der Waals surface area contributed by atoms with Crippen LogP contribution in [0.3, 0.4) is 0 Å². The average molecular weight is 927 g/mol. The zero-order valence-electron chi connectivity index (χ0n) is 39.5. The predicted molar refractivity (Wildman–Crippen MR) is 262 cm³/mol. The highest BCUT2D eigenvalue weighted by Gasteiger charge is 2.50. The molecule has 0 saturated carbocycles. The number of carbonyl (C=O) groups is 1. The van der Waals surface area contributed by atoms with E-state index in [0.29, 0.717) is 24.3 Å². The summed E-state index contributed by atoms with van der Waals surface area (Å²) in [6.45, 7) is 4.99. The van der Waals surface area contributed by atoms with Gasteiger partial charge in [0.25, 0.3) is 5.75 Å². The second kappa shape index (κ2) is 27.2. The maximum atomic E-state index is 13.8. The molecule has 5 atom stereocenters. The van der Waals surface area contributed by atoms with E-state index >= 15 is 0 Å². The first-order chi connectivity index (χ1) is 33.4. The second-order valence-corrected chi connectivity index (χ2v) is 17.3. The topological polar surface area (TPSA) is 121 Å². The summed E-state index contributed by atoms with van der Waals surface area (Å²) in [6.07, 6.45) is 7.61. The van der Waals surface area contributed by atoms with E-state index in [9.17, 15) is 9.59 Å². The summed E-state index contributed by atoms with van der Waals surface area (Å²) in [5, 5.41) is 0.360. The zero-order valence-corrected chi connectivity index (χ0v) is 39.5. The molecule has 0 spiro atoms. The minimum Gasteiger partial charge on any atom is -0.493 e. The Morgan fingerprint density at radius 3 is 1.60 bits per heavy atom. The van der Waals surface area contributed by atoms with Gasteiger partial charge in [-0.15, -0.1) is 0 Å². The van der Waals surface area contributed by atoms with E-state index in [-0.39, 0.29) is 37.8 Å². The zero-order chi connectivity index (χ0) is 47.2. The number of hydrogen-bond donors (Lipinski definition) is 0. The molecule has 0 aliphatic carbocycles. The SMILES string of the molecule is CCCCCCCCCCCCOc1ccc2c(O[C@@H]3O[C@H](COCc4ccccc4)[C@@H](OCc4ccccc4)[C@H](OCc4ccccc4)[C@H]3OCc3ccccc3)c(OC(C)=O)c(=O)oc2c1. The Balaban J connectivity index is 1.20. The van der Waals surface area contributed by atoms with Crippen LogP contribution in [0.4, 0.5) is 0 Å². The van der Waals surface area contributed by atoms with Crippen LogP contribution >= 0.6 is 0 Å². The summed E-state index contributed by atoms with van der Waals surface area (Å²) in [5.74, 6) is -0.676. The molecule has 1 fully saturated rings. The number of fused-ring (bicyclic) bond motifs is 1. The monoisotopic (exact) mass is 926 g/mol. The van der Waals surface area contributed by atoms with Crippen LogP contribution < -0.4 is 19.8 Å². The Morgan fingerprint density at radius 1 is 0.559 bits per heavy atom. The molecular formula is C57H66O11. The van der Waals surface area contributed by atoms with Crippen molar-refractivity contribution in [3.63, 3.8) is 0 Å². The first-order valence-corrected chi connectivity index (χ1v) is 24.3. The number of esters is 1. The van der Waals surface area contributed by atoms with E-state index in [2.05, 4.69) is 6.92 Å². The summed E-state index contributed by atoms with van der Waals surface area (Å²) in [6, 6.07) is 44.5. The maximum Gasteiger partial charge on any atom is 0.383 e. The first-order valence-electron chi connectivity index (χ1n) is 24.3. The van der Waals surface area contributed by atoms with E-state index in [4.69, 9.17) is 42.3 Å². The van der Waals surface area contributed by atoms with Crippen LogP contribution in [0.2, 0.25) is 0 Å². The minimum absolute atomic E-state index is 0.0552. The van der Waals surface area contributed by atoms with Gasteiger partial charge in [-0.3, -0.25) is 4.79 Å². The fourth-order valence-corrected chi connectivity index (χ4v) is 8.31. The van der Waals surface area contributed by atoms with E-state index < -0.39 is 48.1 Å². The molecule has 360 valence electrons. The van der Waals surface area contributed by atoms with E-state index in [0.717, 1.165) is 35.1 Å². The standard InChI is InChI=1S/C57H66O11/c1-3-4-5-6-7-8-9-10-11-24-35-61-47-33-34-48-49(36-47)66-56(59)54(65-42(2)58)51(48)68-57-55(64-40-46-31-22-15-23-32-46)53(63-39-45-29-20-14-21-30-45)52(62-38-44-27-18-13-19-28-44)50(67-57)41-60-37-43-25-16-12-17-26-43/h12-23,25-34,36,50,52-53,55,57H,3-11,24,35,37-41H2,1-2H3/t50-,52-,53+,55-,57+/m1/s1. The lowest BCUT2D eigenvalue weighted by Gasteiger charge is -2.45. The Bertz CT molecular complexity index is 2430. The van der Waals surface area contributed by atoms with Crippen LogP contribution in [0, 0.1) is 0 Å². The molecule has 1 aliphatic heterocycles. The number of unbranched alkanes of at least 4 members (excludes halogenated alkanes) is 9. The normalized spacial score (nSPS) is 18.1. The van der Waals surface area contributed by atoms with Crippen LogP contribution in [0.25, 0.3) is 11.0 Å². The van der Waals surface area contributed by atoms with Crippen molar-refractivity contribution >= 4 is 16.9 Å². The first kappa shape index (κ1) is 50.1. The van der Waals surface area contributed by atoms with Crippen molar-refractivity contribution in [3.8, 4) is 17.2 Å². The molecule has 7 rings (SSSR count). The molecule has 2 heterocycles. The Kier molecular flexibility index (Phi) is 20.1. The predicted octanol–water partition coefficient (Wildman–Crippen LogP) is 12.1. The fourth-order valence-electron chi connectivity index (χ4n) is 8.31. The summed E-state index contributed by atoms with van der Waals surface area (Å²) >= 11 is 0. The fraction of sp³-hybridized carbons (Fsp3) is 0.404. The highest BCUT2D eigenvalue weighted by Crippen LogP contribution is 2.39. The smallest absolute Gasteiger partial charge is 0.383 e. The minimum atomic E-state index is -1.26. The van der Waals surface area contributed by atoms with Crippen molar-refractivity contribution in [1.82, 2.24) is 0 Å².